The largest absolute Gasteiger partial charge is 0.368 e. The molecule has 0 heterocycles. The van der Waals surface area contributed by atoms with Crippen LogP contribution in [-0.4, -0.2) is 54.0 Å². The fourth-order valence-corrected chi connectivity index (χ4v) is 1.75. The third-order valence-electron chi connectivity index (χ3n) is 3.15. The van der Waals surface area contributed by atoms with Gasteiger partial charge in [-0.05, 0) is 38.5 Å². The second-order valence-corrected chi connectivity index (χ2v) is 6.34. The van der Waals surface area contributed by atoms with Crippen molar-refractivity contribution in [1.82, 2.24) is 0 Å². The molecular weight excluding hydrogens is 437 g/mol. The molecule has 28 heavy (non-hydrogen) atoms. The van der Waals surface area contributed by atoms with Crippen LogP contribution in [0.15, 0.2) is 0 Å². The first-order valence-corrected chi connectivity index (χ1v) is 10.8. The first kappa shape index (κ1) is 36.2. The van der Waals surface area contributed by atoms with Gasteiger partial charge in [0.05, 0.1) is 0 Å². The second-order valence-electron chi connectivity index (χ2n) is 6.34. The monoisotopic (exact) mass is 485 g/mol. The van der Waals surface area contributed by atoms with Crippen molar-refractivity contribution in [2.24, 2.45) is 0 Å². The molecule has 0 spiro atoms. The minimum atomic E-state index is -0.532. The predicted octanol–water partition coefficient (Wildman–Crippen LogP) is 4.59. The van der Waals surface area contributed by atoms with Crippen molar-refractivity contribution in [3.05, 3.63) is 0 Å². The van der Waals surface area contributed by atoms with Gasteiger partial charge in [-0.1, -0.05) is 60.8 Å². The number of rotatable bonds is 15. The van der Waals surface area contributed by atoms with Gasteiger partial charge in [-0.25, -0.2) is 0 Å². The van der Waals surface area contributed by atoms with E-state index in [1.54, 1.807) is 0 Å². The Hall–Kier alpha value is 0.864. The van der Waals surface area contributed by atoms with Crippen LogP contribution in [0.2, 0.25) is 0 Å². The number of aliphatic hydroxyl groups excluding tert-OH is 3. The van der Waals surface area contributed by atoms with Crippen LogP contribution in [0.1, 0.15) is 99.3 Å². The summed E-state index contributed by atoms with van der Waals surface area (Å²) in [7, 11) is 0. The van der Waals surface area contributed by atoms with Crippen molar-refractivity contribution in [2.45, 2.75) is 118 Å². The van der Waals surface area contributed by atoms with E-state index in [9.17, 15) is 0 Å². The molecule has 7 heteroatoms. The molecule has 0 fully saturated rings. The van der Waals surface area contributed by atoms with Gasteiger partial charge in [0.15, 0.2) is 18.9 Å². The zero-order valence-corrected chi connectivity index (χ0v) is 22.2. The van der Waals surface area contributed by atoms with Gasteiger partial charge in [-0.3, -0.25) is 0 Å². The van der Waals surface area contributed by atoms with E-state index < -0.39 is 18.9 Å². The summed E-state index contributed by atoms with van der Waals surface area (Å²) < 4.78 is 15.0. The fraction of sp³-hybridized carbons (Fsp3) is 1.00. The molecule has 0 aliphatic rings. The number of ether oxygens (including phenoxy) is 3. The van der Waals surface area contributed by atoms with Gasteiger partial charge >= 0.3 is 0 Å². The van der Waals surface area contributed by atoms with Crippen molar-refractivity contribution in [2.75, 3.05) is 19.8 Å². The van der Waals surface area contributed by atoms with Crippen LogP contribution in [0.25, 0.3) is 0 Å². The summed E-state index contributed by atoms with van der Waals surface area (Å²) in [5.41, 5.74) is 0. The topological polar surface area (TPSA) is 88.4 Å². The summed E-state index contributed by atoms with van der Waals surface area (Å²) in [6, 6.07) is 0. The Kier molecular flexibility index (Phi) is 42.1. The first-order chi connectivity index (χ1) is 12.9. The summed E-state index contributed by atoms with van der Waals surface area (Å²) in [5.74, 6) is 0. The smallest absolute Gasteiger partial charge is 0.154 e. The summed E-state index contributed by atoms with van der Waals surface area (Å²) in [6.45, 7) is 14.2. The van der Waals surface area contributed by atoms with E-state index >= 15 is 0 Å². The van der Waals surface area contributed by atoms with Crippen molar-refractivity contribution in [1.29, 1.82) is 0 Å². The molecule has 1 radical (unpaired) electrons. The Morgan fingerprint density at radius 2 is 0.679 bits per heavy atom. The van der Waals surface area contributed by atoms with Crippen LogP contribution in [0.5, 0.6) is 0 Å². The van der Waals surface area contributed by atoms with Gasteiger partial charge in [0.25, 0.3) is 0 Å². The molecule has 3 N–H and O–H groups in total. The first-order valence-electron chi connectivity index (χ1n) is 10.8. The van der Waals surface area contributed by atoms with E-state index in [4.69, 9.17) is 29.5 Å². The van der Waals surface area contributed by atoms with E-state index in [0.29, 0.717) is 19.8 Å². The zero-order valence-electron chi connectivity index (χ0n) is 19.4. The third-order valence-corrected chi connectivity index (χ3v) is 3.15. The van der Waals surface area contributed by atoms with Gasteiger partial charge in [-0.15, -0.1) is 0 Å². The van der Waals surface area contributed by atoms with Gasteiger partial charge in [0.2, 0.25) is 0 Å². The molecule has 3 unspecified atom stereocenters. The third kappa shape index (κ3) is 37.6. The zero-order chi connectivity index (χ0) is 21.3. The quantitative estimate of drug-likeness (QED) is 0.294. The predicted molar refractivity (Wildman–Crippen MR) is 111 cm³/mol. The van der Waals surface area contributed by atoms with Crippen LogP contribution in [0.4, 0.5) is 0 Å². The standard InChI is InChI=1S/3C7H16O2.Y/c3*1-3-5-7(8)9-6-4-2;/h3*7-8H,3-6H2,1-2H3;. The van der Waals surface area contributed by atoms with Gasteiger partial charge in [0, 0.05) is 52.5 Å². The Morgan fingerprint density at radius 3 is 0.821 bits per heavy atom. The second kappa shape index (κ2) is 32.5. The molecule has 0 rings (SSSR count). The maximum absolute atomic E-state index is 8.96. The molecule has 0 aromatic rings. The van der Waals surface area contributed by atoms with Crippen LogP contribution in [0, 0.1) is 0 Å². The normalized spacial score (nSPS) is 13.2. The van der Waals surface area contributed by atoms with Gasteiger partial charge in [-0.2, -0.15) is 0 Å². The van der Waals surface area contributed by atoms with Crippen LogP contribution >= 0.6 is 0 Å². The molecule has 0 aliphatic carbocycles. The molecule has 0 saturated heterocycles. The van der Waals surface area contributed by atoms with Crippen molar-refractivity contribution >= 4 is 0 Å². The Morgan fingerprint density at radius 1 is 0.464 bits per heavy atom. The van der Waals surface area contributed by atoms with Gasteiger partial charge < -0.3 is 29.5 Å². The molecule has 0 bridgehead atoms. The van der Waals surface area contributed by atoms with Crippen LogP contribution < -0.4 is 0 Å². The fourth-order valence-electron chi connectivity index (χ4n) is 1.75. The molecule has 0 aromatic heterocycles. The molecular formula is C21H48O6Y. The Labute approximate surface area is 199 Å². The minimum absolute atomic E-state index is 0. The summed E-state index contributed by atoms with van der Waals surface area (Å²) in [5, 5.41) is 26.9. The average molecular weight is 486 g/mol. The van der Waals surface area contributed by atoms with E-state index in [0.717, 1.165) is 57.8 Å². The van der Waals surface area contributed by atoms with E-state index in [1.165, 1.54) is 0 Å². The average Bonchev–Trinajstić information content (AvgIpc) is 2.65. The van der Waals surface area contributed by atoms with Crippen LogP contribution in [-0.2, 0) is 46.9 Å². The van der Waals surface area contributed by atoms with E-state index in [1.807, 2.05) is 41.5 Å². The van der Waals surface area contributed by atoms with Crippen molar-refractivity contribution in [3.8, 4) is 0 Å². The summed E-state index contributed by atoms with van der Waals surface area (Å²) in [6.07, 6.45) is 6.50. The number of hydrogen-bond acceptors (Lipinski definition) is 6. The Balaban J connectivity index is -0.000000152. The molecule has 6 nitrogen and oxygen atoms in total. The maximum Gasteiger partial charge on any atom is 0.154 e. The Bertz CT molecular complexity index is 209. The SMILES string of the molecule is CCCOC(O)CCC.CCCOC(O)CCC.CCCOC(O)CCC.[Y]. The van der Waals surface area contributed by atoms with Crippen LogP contribution in [0.3, 0.4) is 0 Å². The summed E-state index contributed by atoms with van der Waals surface area (Å²) in [4.78, 5) is 0. The van der Waals surface area contributed by atoms with Crippen molar-refractivity contribution in [3.63, 3.8) is 0 Å². The number of aliphatic hydroxyl groups is 3. The molecule has 0 saturated carbocycles. The maximum atomic E-state index is 8.96. The molecule has 0 amide bonds. The van der Waals surface area contributed by atoms with Gasteiger partial charge in [0.1, 0.15) is 0 Å². The van der Waals surface area contributed by atoms with E-state index in [-0.39, 0.29) is 32.7 Å². The summed E-state index contributed by atoms with van der Waals surface area (Å²) >= 11 is 0. The van der Waals surface area contributed by atoms with E-state index in [2.05, 4.69) is 0 Å². The number of hydrogen-bond donors (Lipinski definition) is 3. The molecule has 171 valence electrons. The van der Waals surface area contributed by atoms with Crippen molar-refractivity contribution < 1.29 is 62.2 Å². The molecule has 0 aliphatic heterocycles. The molecule has 3 atom stereocenters. The molecule has 0 aromatic carbocycles. The minimum Gasteiger partial charge on any atom is -0.368 e.